The van der Waals surface area contributed by atoms with Crippen LogP contribution in [0.3, 0.4) is 0 Å². The van der Waals surface area contributed by atoms with Crippen molar-refractivity contribution in [2.75, 3.05) is 46.3 Å². The summed E-state index contributed by atoms with van der Waals surface area (Å²) in [5.41, 5.74) is 1.15. The number of piperidine rings is 1. The molecule has 1 unspecified atom stereocenters. The fourth-order valence-electron chi connectivity index (χ4n) is 6.15. The lowest BCUT2D eigenvalue weighted by Crippen LogP contribution is -2.56. The van der Waals surface area contributed by atoms with E-state index in [-0.39, 0.29) is 23.8 Å². The van der Waals surface area contributed by atoms with E-state index in [0.29, 0.717) is 35.6 Å². The third-order valence-electron chi connectivity index (χ3n) is 8.49. The largest absolute Gasteiger partial charge is 0.514 e. The van der Waals surface area contributed by atoms with Gasteiger partial charge in [0.15, 0.2) is 6.10 Å². The number of rotatable bonds is 7. The minimum atomic E-state index is -1.20. The molecule has 1 atom stereocenters. The maximum absolute atomic E-state index is 13.9. The number of nitro groups is 1. The summed E-state index contributed by atoms with van der Waals surface area (Å²) in [6.45, 7) is 11.7. The molecule has 47 heavy (non-hydrogen) atoms. The van der Waals surface area contributed by atoms with Crippen LogP contribution in [-0.2, 0) is 20.7 Å². The van der Waals surface area contributed by atoms with Crippen molar-refractivity contribution in [3.05, 3.63) is 63.8 Å². The highest BCUT2D eigenvalue weighted by Gasteiger charge is 2.34. The first-order chi connectivity index (χ1) is 22.3. The quantitative estimate of drug-likeness (QED) is 0.155. The highest BCUT2D eigenvalue weighted by molar-refractivity contribution is 5.90. The lowest BCUT2D eigenvalue weighted by Gasteiger charge is -2.42. The molecule has 0 bridgehead atoms. The minimum absolute atomic E-state index is 0.0466. The lowest BCUT2D eigenvalue weighted by atomic mass is 10.0. The number of non-ortho nitro benzene ring substituents is 1. The normalized spacial score (nSPS) is 17.3. The van der Waals surface area contributed by atoms with Gasteiger partial charge in [0, 0.05) is 56.2 Å². The van der Waals surface area contributed by atoms with Crippen LogP contribution in [0.5, 0.6) is 5.75 Å². The Morgan fingerprint density at radius 3 is 2.30 bits per heavy atom. The minimum Gasteiger partial charge on any atom is -0.442 e. The molecule has 5 rings (SSSR count). The molecule has 1 aromatic heterocycles. The Kier molecular flexibility index (Phi) is 10.1. The number of nitrogens with zero attached hydrogens (tertiary/aromatic N) is 6. The van der Waals surface area contributed by atoms with E-state index in [4.69, 9.17) is 14.2 Å². The first kappa shape index (κ1) is 33.8. The topological polar surface area (TPSA) is 150 Å². The van der Waals surface area contributed by atoms with Gasteiger partial charge in [-0.15, -0.1) is 0 Å². The van der Waals surface area contributed by atoms with Crippen LogP contribution in [0.2, 0.25) is 0 Å². The van der Waals surface area contributed by atoms with Crippen LogP contribution in [-0.4, -0.2) is 112 Å². The number of hydrogen-bond acceptors (Lipinski definition) is 11. The first-order valence-electron chi connectivity index (χ1n) is 15.8. The summed E-state index contributed by atoms with van der Waals surface area (Å²) in [6, 6.07) is 9.13. The van der Waals surface area contributed by atoms with Gasteiger partial charge in [0.25, 0.3) is 11.6 Å². The molecule has 0 aliphatic carbocycles. The number of benzene rings is 2. The maximum atomic E-state index is 13.9. The summed E-state index contributed by atoms with van der Waals surface area (Å²) in [7, 11) is 2.13. The number of fused-ring (bicyclic) bond motifs is 1. The van der Waals surface area contributed by atoms with E-state index in [1.807, 2.05) is 13.0 Å². The number of nitro benzene ring substituents is 1. The zero-order valence-corrected chi connectivity index (χ0v) is 27.5. The third-order valence-corrected chi connectivity index (χ3v) is 8.49. The molecule has 3 heterocycles. The van der Waals surface area contributed by atoms with Gasteiger partial charge >= 0.3 is 12.2 Å². The fourth-order valence-corrected chi connectivity index (χ4v) is 6.15. The lowest BCUT2D eigenvalue weighted by molar-refractivity contribution is -0.384. The number of ether oxygens (including phenoxy) is 3. The second-order valence-corrected chi connectivity index (χ2v) is 13.2. The molecule has 1 amide bonds. The fraction of sp³-hybridized carbons (Fsp3) is 0.515. The number of amides is 1. The Hall–Kier alpha value is -4.56. The monoisotopic (exact) mass is 650 g/mol. The van der Waals surface area contributed by atoms with Gasteiger partial charge in [0.1, 0.15) is 11.4 Å². The molecule has 252 valence electrons. The maximum Gasteiger partial charge on any atom is 0.514 e. The smallest absolute Gasteiger partial charge is 0.442 e. The molecular formula is C33H42N6O8. The number of aryl methyl sites for hydroxylation is 1. The molecule has 2 aliphatic rings. The number of piperazine rings is 1. The summed E-state index contributed by atoms with van der Waals surface area (Å²) in [6.07, 6.45) is 0.892. The Morgan fingerprint density at radius 1 is 1.02 bits per heavy atom. The van der Waals surface area contributed by atoms with Crippen molar-refractivity contribution < 1.29 is 33.5 Å². The standard InChI is InChI=1S/C33H42N6O8/c1-22-18-23(19-24-21-34-38(29(22)24)31(41)47-33(2,3)4)20-28(46-32(42)45-27-8-6-26(7-9-27)39(43)44)30(40)37-16-14-36(15-17-37)25-10-12-35(5)13-11-25/h6-9,18-19,21,25,28H,10-17,20H2,1-5H3. The number of hydrogen-bond donors (Lipinski definition) is 0. The van der Waals surface area contributed by atoms with E-state index in [0.717, 1.165) is 44.6 Å². The highest BCUT2D eigenvalue weighted by atomic mass is 16.7. The molecule has 14 nitrogen and oxygen atoms in total. The predicted molar refractivity (Wildman–Crippen MR) is 172 cm³/mol. The Balaban J connectivity index is 1.33. The number of carbonyl (C=O) groups is 3. The second-order valence-electron chi connectivity index (χ2n) is 13.2. The SMILES string of the molecule is Cc1cc(CC(OC(=O)Oc2ccc([N+](=O)[O-])cc2)C(=O)N2CCN(C3CCN(C)CC3)CC2)cc2cnn(C(=O)OC(C)(C)C)c12. The zero-order chi connectivity index (χ0) is 33.9. The van der Waals surface area contributed by atoms with Crippen molar-refractivity contribution in [3.63, 3.8) is 0 Å². The molecule has 0 saturated carbocycles. The number of likely N-dealkylation sites (tertiary alicyclic amines) is 1. The van der Waals surface area contributed by atoms with E-state index in [2.05, 4.69) is 21.9 Å². The van der Waals surface area contributed by atoms with Gasteiger partial charge in [0.05, 0.1) is 16.6 Å². The zero-order valence-electron chi connectivity index (χ0n) is 27.5. The van der Waals surface area contributed by atoms with Crippen LogP contribution in [0, 0.1) is 17.0 Å². The van der Waals surface area contributed by atoms with Gasteiger partial charge in [-0.2, -0.15) is 9.78 Å². The first-order valence-corrected chi connectivity index (χ1v) is 15.8. The average molecular weight is 651 g/mol. The number of carbonyl (C=O) groups excluding carboxylic acids is 3. The van der Waals surface area contributed by atoms with E-state index in [1.165, 1.54) is 28.9 Å². The van der Waals surface area contributed by atoms with Crippen LogP contribution in [0.15, 0.2) is 42.6 Å². The van der Waals surface area contributed by atoms with E-state index < -0.39 is 28.9 Å². The van der Waals surface area contributed by atoms with Crippen LogP contribution in [0.1, 0.15) is 44.7 Å². The van der Waals surface area contributed by atoms with Crippen molar-refractivity contribution in [1.29, 1.82) is 0 Å². The van der Waals surface area contributed by atoms with Crippen LogP contribution in [0.25, 0.3) is 10.9 Å². The Morgan fingerprint density at radius 2 is 1.68 bits per heavy atom. The predicted octanol–water partition coefficient (Wildman–Crippen LogP) is 4.40. The highest BCUT2D eigenvalue weighted by Crippen LogP contribution is 2.25. The Bertz CT molecular complexity index is 1620. The molecule has 2 fully saturated rings. The molecule has 0 spiro atoms. The van der Waals surface area contributed by atoms with Crippen molar-refractivity contribution in [2.24, 2.45) is 0 Å². The second kappa shape index (κ2) is 14.1. The van der Waals surface area contributed by atoms with E-state index in [1.54, 1.807) is 37.9 Å². The molecule has 3 aromatic rings. The van der Waals surface area contributed by atoms with E-state index in [9.17, 15) is 24.5 Å². The third kappa shape index (κ3) is 8.43. The van der Waals surface area contributed by atoms with Gasteiger partial charge in [0.2, 0.25) is 0 Å². The van der Waals surface area contributed by atoms with Crippen LogP contribution < -0.4 is 4.74 Å². The molecular weight excluding hydrogens is 608 g/mol. The summed E-state index contributed by atoms with van der Waals surface area (Å²) in [4.78, 5) is 56.6. The average Bonchev–Trinajstić information content (AvgIpc) is 3.45. The molecule has 2 aliphatic heterocycles. The van der Waals surface area contributed by atoms with Gasteiger partial charge in [-0.3, -0.25) is 19.8 Å². The van der Waals surface area contributed by atoms with Crippen molar-refractivity contribution >= 4 is 34.7 Å². The molecule has 14 heteroatoms. The van der Waals surface area contributed by atoms with Crippen LogP contribution in [0.4, 0.5) is 15.3 Å². The van der Waals surface area contributed by atoms with Gasteiger partial charge < -0.3 is 24.0 Å². The molecule has 0 radical (unpaired) electrons. The van der Waals surface area contributed by atoms with Crippen LogP contribution >= 0.6 is 0 Å². The molecule has 2 aromatic carbocycles. The number of aromatic nitrogens is 2. The van der Waals surface area contributed by atoms with E-state index >= 15 is 0 Å². The Labute approximate surface area is 273 Å². The summed E-state index contributed by atoms with van der Waals surface area (Å²) < 4.78 is 17.7. The molecule has 2 saturated heterocycles. The summed E-state index contributed by atoms with van der Waals surface area (Å²) in [5, 5.41) is 15.9. The summed E-state index contributed by atoms with van der Waals surface area (Å²) >= 11 is 0. The van der Waals surface area contributed by atoms with Gasteiger partial charge in [-0.05, 0) is 90.0 Å². The van der Waals surface area contributed by atoms with Crippen molar-refractivity contribution in [3.8, 4) is 5.75 Å². The van der Waals surface area contributed by atoms with Gasteiger partial charge in [-0.25, -0.2) is 9.59 Å². The van der Waals surface area contributed by atoms with Gasteiger partial charge in [-0.1, -0.05) is 6.07 Å². The summed E-state index contributed by atoms with van der Waals surface area (Å²) in [5.74, 6) is -0.291. The van der Waals surface area contributed by atoms with Crippen molar-refractivity contribution in [1.82, 2.24) is 24.5 Å². The van der Waals surface area contributed by atoms with Crippen molar-refractivity contribution in [2.45, 2.75) is 64.7 Å². The molecule has 0 N–H and O–H groups in total.